The first-order valence-corrected chi connectivity index (χ1v) is 17.5. The van der Waals surface area contributed by atoms with Crippen molar-refractivity contribution >= 4 is 25.0 Å². The molecule has 0 bridgehead atoms. The maximum Gasteiger partial charge on any atom is 0.277 e. The lowest BCUT2D eigenvalue weighted by Gasteiger charge is -2.36. The Morgan fingerprint density at radius 1 is 0.738 bits per heavy atom. The van der Waals surface area contributed by atoms with E-state index in [9.17, 15) is 4.79 Å². The van der Waals surface area contributed by atoms with E-state index in [1.807, 2.05) is 30.3 Å². The highest BCUT2D eigenvalue weighted by Gasteiger charge is 2.36. The van der Waals surface area contributed by atoms with Gasteiger partial charge in [0.25, 0.3) is 5.91 Å². The van der Waals surface area contributed by atoms with E-state index in [0.29, 0.717) is 90.6 Å². The summed E-state index contributed by atoms with van der Waals surface area (Å²) in [5.74, 6) is 0.510. The molecule has 0 aromatic heterocycles. The van der Waals surface area contributed by atoms with Crippen LogP contribution in [0.4, 0.5) is 0 Å². The van der Waals surface area contributed by atoms with Gasteiger partial charge in [-0.25, -0.2) is 5.06 Å². The van der Waals surface area contributed by atoms with Gasteiger partial charge in [-0.15, -0.1) is 0 Å². The summed E-state index contributed by atoms with van der Waals surface area (Å²) in [5, 5.41) is 3.17. The maximum absolute atomic E-state index is 12.5. The van der Waals surface area contributed by atoms with Gasteiger partial charge in [0.1, 0.15) is 12.4 Å². The number of carbonyl (C=O) groups is 1. The molecule has 0 aliphatic carbocycles. The molecule has 10 nitrogen and oxygen atoms in total. The fraction of sp³-hybridized carbons (Fsp3) is 0.645. The van der Waals surface area contributed by atoms with Gasteiger partial charge in [0.15, 0.2) is 8.32 Å². The van der Waals surface area contributed by atoms with Gasteiger partial charge in [-0.05, 0) is 53.2 Å². The van der Waals surface area contributed by atoms with E-state index in [-0.39, 0.29) is 10.9 Å². The Morgan fingerprint density at radius 3 is 1.74 bits per heavy atom. The van der Waals surface area contributed by atoms with E-state index in [0.717, 1.165) is 10.8 Å². The molecule has 0 aliphatic heterocycles. The predicted molar refractivity (Wildman–Crippen MR) is 166 cm³/mol. The van der Waals surface area contributed by atoms with Crippen molar-refractivity contribution in [2.45, 2.75) is 38.9 Å². The molecule has 238 valence electrons. The average Bonchev–Trinajstić information content (AvgIpc) is 2.96. The number of amides is 1. The zero-order valence-corrected chi connectivity index (χ0v) is 27.6. The smallest absolute Gasteiger partial charge is 0.277 e. The van der Waals surface area contributed by atoms with Crippen molar-refractivity contribution < 1.29 is 42.5 Å². The van der Waals surface area contributed by atoms with Crippen LogP contribution in [-0.4, -0.2) is 113 Å². The van der Waals surface area contributed by atoms with Crippen molar-refractivity contribution in [1.82, 2.24) is 5.06 Å². The first-order valence-electron chi connectivity index (χ1n) is 14.6. The number of ether oxygens (including phenoxy) is 6. The van der Waals surface area contributed by atoms with Crippen LogP contribution in [0.2, 0.25) is 18.1 Å². The minimum atomic E-state index is -1.70. The number of hydrogen-bond donors (Lipinski definition) is 0. The quantitative estimate of drug-likeness (QED) is 0.104. The molecule has 0 radical (unpaired) electrons. The van der Waals surface area contributed by atoms with Crippen LogP contribution in [0, 0.1) is 0 Å². The summed E-state index contributed by atoms with van der Waals surface area (Å²) in [5.41, 5.74) is 0.574. The van der Waals surface area contributed by atoms with Crippen molar-refractivity contribution in [2.75, 3.05) is 93.4 Å². The Kier molecular flexibility index (Phi) is 16.5. The van der Waals surface area contributed by atoms with Gasteiger partial charge >= 0.3 is 0 Å². The monoisotopic (exact) mass is 609 g/mol. The summed E-state index contributed by atoms with van der Waals surface area (Å²) in [6.07, 6.45) is 0. The topological polar surface area (TPSA) is 94.2 Å². The molecule has 0 aliphatic rings. The molecule has 0 N–H and O–H groups in total. The van der Waals surface area contributed by atoms with Crippen LogP contribution in [0.1, 0.15) is 31.1 Å². The maximum atomic E-state index is 12.5. The first kappa shape index (κ1) is 36.1. The van der Waals surface area contributed by atoms with Gasteiger partial charge in [0.05, 0.1) is 79.8 Å². The summed E-state index contributed by atoms with van der Waals surface area (Å²) in [7, 11) is 1.34. The van der Waals surface area contributed by atoms with Crippen LogP contribution in [0.25, 0.3) is 10.8 Å². The highest BCUT2D eigenvalue weighted by atomic mass is 28.4. The minimum Gasteiger partial charge on any atom is -0.491 e. The van der Waals surface area contributed by atoms with E-state index in [1.165, 1.54) is 12.2 Å². The third kappa shape index (κ3) is 13.0. The van der Waals surface area contributed by atoms with Gasteiger partial charge in [-0.3, -0.25) is 9.63 Å². The van der Waals surface area contributed by atoms with Crippen molar-refractivity contribution in [3.8, 4) is 5.75 Å². The Labute approximate surface area is 252 Å². The van der Waals surface area contributed by atoms with Gasteiger partial charge in [0, 0.05) is 12.6 Å². The molecule has 0 atom stereocenters. The van der Waals surface area contributed by atoms with Gasteiger partial charge < -0.3 is 32.8 Å². The normalized spacial score (nSPS) is 12.2. The second kappa shape index (κ2) is 19.2. The highest BCUT2D eigenvalue weighted by Crippen LogP contribution is 2.36. The van der Waals surface area contributed by atoms with Crippen LogP contribution in [0.5, 0.6) is 5.75 Å². The number of benzene rings is 2. The molecule has 0 unspecified atom stereocenters. The molecule has 0 saturated heterocycles. The fourth-order valence-corrected chi connectivity index (χ4v) is 4.59. The summed E-state index contributed by atoms with van der Waals surface area (Å²) >= 11 is 0. The summed E-state index contributed by atoms with van der Waals surface area (Å²) in [4.78, 5) is 17.5. The van der Waals surface area contributed by atoms with Gasteiger partial charge in [0.2, 0.25) is 0 Å². The SMILES string of the molecule is CON(C)C(=O)c1cccc2cc(OCCOCCOCCOCCOCCOCCO[Si](C)(C)C(C)(C)C)ccc12. The van der Waals surface area contributed by atoms with Crippen LogP contribution in [0.15, 0.2) is 36.4 Å². The minimum absolute atomic E-state index is 0.205. The molecule has 0 saturated carbocycles. The number of fused-ring (bicyclic) bond motifs is 1. The molecule has 0 heterocycles. The third-order valence-corrected chi connectivity index (χ3v) is 11.7. The van der Waals surface area contributed by atoms with Crippen molar-refractivity contribution in [3.63, 3.8) is 0 Å². The zero-order chi connectivity index (χ0) is 30.8. The number of nitrogens with zero attached hydrogens (tertiary/aromatic N) is 1. The Bertz CT molecular complexity index is 1040. The highest BCUT2D eigenvalue weighted by molar-refractivity contribution is 6.74. The molecule has 0 spiro atoms. The summed E-state index contributed by atoms with van der Waals surface area (Å²) in [6, 6.07) is 11.2. The molecule has 11 heteroatoms. The van der Waals surface area contributed by atoms with E-state index < -0.39 is 8.32 Å². The molecule has 2 aromatic carbocycles. The lowest BCUT2D eigenvalue weighted by molar-refractivity contribution is -0.0755. The fourth-order valence-electron chi connectivity index (χ4n) is 3.56. The van der Waals surface area contributed by atoms with Crippen molar-refractivity contribution in [3.05, 3.63) is 42.0 Å². The van der Waals surface area contributed by atoms with E-state index >= 15 is 0 Å². The van der Waals surface area contributed by atoms with Crippen LogP contribution in [-0.2, 0) is 32.9 Å². The number of hydroxylamine groups is 2. The summed E-state index contributed by atoms with van der Waals surface area (Å²) in [6.45, 7) is 17.3. The van der Waals surface area contributed by atoms with E-state index in [2.05, 4.69) is 33.9 Å². The van der Waals surface area contributed by atoms with Crippen molar-refractivity contribution in [2.24, 2.45) is 0 Å². The Hall–Kier alpha value is -2.09. The molecular formula is C31H51NO9Si. The second-order valence-electron chi connectivity index (χ2n) is 11.2. The van der Waals surface area contributed by atoms with Crippen molar-refractivity contribution in [1.29, 1.82) is 0 Å². The number of carbonyl (C=O) groups excluding carboxylic acids is 1. The lowest BCUT2D eigenvalue weighted by Crippen LogP contribution is -2.41. The third-order valence-electron chi connectivity index (χ3n) is 7.12. The molecule has 0 fully saturated rings. The summed E-state index contributed by atoms with van der Waals surface area (Å²) < 4.78 is 39.6. The van der Waals surface area contributed by atoms with E-state index in [1.54, 1.807) is 13.1 Å². The second-order valence-corrected chi connectivity index (χ2v) is 16.0. The molecule has 2 rings (SSSR count). The molecule has 1 amide bonds. The number of hydrogen-bond acceptors (Lipinski definition) is 9. The number of rotatable bonds is 22. The molecular weight excluding hydrogens is 558 g/mol. The average molecular weight is 610 g/mol. The van der Waals surface area contributed by atoms with Gasteiger partial charge in [-0.2, -0.15) is 0 Å². The Balaban J connectivity index is 1.41. The Morgan fingerprint density at radius 2 is 1.24 bits per heavy atom. The van der Waals surface area contributed by atoms with E-state index in [4.69, 9.17) is 37.7 Å². The lowest BCUT2D eigenvalue weighted by atomic mass is 10.0. The predicted octanol–water partition coefficient (Wildman–Crippen LogP) is 4.96. The van der Waals surface area contributed by atoms with Gasteiger partial charge in [-0.1, -0.05) is 32.9 Å². The standard InChI is InChI=1S/C31H51NO9Si/c1-31(2,3)42(6,7)41-24-22-39-20-18-37-16-14-35-13-15-36-17-19-38-21-23-40-27-11-12-28-26(25-27)9-8-10-29(28)30(33)32(4)34-5/h8-12,25H,13-24H2,1-7H3. The van der Waals surface area contributed by atoms with Crippen LogP contribution in [0.3, 0.4) is 0 Å². The largest absolute Gasteiger partial charge is 0.491 e. The molecule has 42 heavy (non-hydrogen) atoms. The zero-order valence-electron chi connectivity index (χ0n) is 26.6. The first-order chi connectivity index (χ1) is 20.1. The van der Waals surface area contributed by atoms with Crippen LogP contribution < -0.4 is 4.74 Å². The molecule has 2 aromatic rings. The van der Waals surface area contributed by atoms with Crippen LogP contribution >= 0.6 is 0 Å².